The Labute approximate surface area is 68.1 Å². The highest BCUT2D eigenvalue weighted by Gasteiger charge is 2.06. The van der Waals surface area contributed by atoms with Crippen molar-refractivity contribution in [3.05, 3.63) is 34.5 Å². The Kier molecular flexibility index (Phi) is 2.35. The molecule has 0 aromatic heterocycles. The molecule has 0 aliphatic carbocycles. The van der Waals surface area contributed by atoms with Gasteiger partial charge in [-0.3, -0.25) is 5.21 Å². The minimum absolute atomic E-state index is 0.0463. The summed E-state index contributed by atoms with van der Waals surface area (Å²) in [6.07, 6.45) is 0. The normalized spacial score (nSPS) is 9.58. The average molecular weight is 170 g/mol. The molecule has 1 aromatic carbocycles. The van der Waals surface area contributed by atoms with Crippen LogP contribution in [-0.2, 0) is 0 Å². The lowest BCUT2D eigenvalue weighted by Crippen LogP contribution is -2.09. The number of anilines is 1. The molecule has 0 radical (unpaired) electrons. The van der Waals surface area contributed by atoms with Gasteiger partial charge in [0, 0.05) is 6.07 Å². The third-order valence-corrected chi connectivity index (χ3v) is 1.46. The number of rotatable bonds is 2. The van der Waals surface area contributed by atoms with Crippen molar-refractivity contribution in [2.75, 3.05) is 5.17 Å². The molecular formula is C7H7FN2O2. The second kappa shape index (κ2) is 3.27. The molecule has 0 amide bonds. The van der Waals surface area contributed by atoms with E-state index in [0.29, 0.717) is 5.56 Å². The van der Waals surface area contributed by atoms with Crippen LogP contribution >= 0.6 is 0 Å². The summed E-state index contributed by atoms with van der Waals surface area (Å²) in [5.41, 5.74) is 0.614. The van der Waals surface area contributed by atoms with E-state index >= 15 is 0 Å². The molecule has 0 atom stereocenters. The predicted octanol–water partition coefficient (Wildman–Crippen LogP) is 2.01. The van der Waals surface area contributed by atoms with Gasteiger partial charge in [-0.25, -0.2) is 4.39 Å². The van der Waals surface area contributed by atoms with Crippen LogP contribution in [0, 0.1) is 17.6 Å². The Morgan fingerprint density at radius 3 is 2.83 bits per heavy atom. The molecule has 0 aliphatic rings. The number of hydrogen-bond donors (Lipinski definition) is 1. The summed E-state index contributed by atoms with van der Waals surface area (Å²) in [6.45, 7) is 1.63. The van der Waals surface area contributed by atoms with Crippen LogP contribution in [0.1, 0.15) is 5.56 Å². The van der Waals surface area contributed by atoms with E-state index in [0.717, 1.165) is 6.07 Å². The third-order valence-electron chi connectivity index (χ3n) is 1.46. The fourth-order valence-corrected chi connectivity index (χ4v) is 0.842. The highest BCUT2D eigenvalue weighted by Crippen LogP contribution is 2.19. The van der Waals surface area contributed by atoms with E-state index in [1.54, 1.807) is 6.92 Å². The zero-order chi connectivity index (χ0) is 9.14. The number of halogens is 1. The van der Waals surface area contributed by atoms with E-state index in [9.17, 15) is 9.30 Å². The molecule has 0 unspecified atom stereocenters. The molecule has 0 saturated carbocycles. The van der Waals surface area contributed by atoms with Crippen LogP contribution in [0.5, 0.6) is 0 Å². The van der Waals surface area contributed by atoms with Crippen molar-refractivity contribution in [2.24, 2.45) is 5.29 Å². The summed E-state index contributed by atoms with van der Waals surface area (Å²) in [6, 6.07) is 3.70. The summed E-state index contributed by atoms with van der Waals surface area (Å²) < 4.78 is 12.6. The molecule has 0 fully saturated rings. The Hall–Kier alpha value is -1.49. The van der Waals surface area contributed by atoms with Crippen LogP contribution in [0.3, 0.4) is 0 Å². The molecule has 1 rings (SSSR count). The first-order valence-corrected chi connectivity index (χ1v) is 3.23. The van der Waals surface area contributed by atoms with Gasteiger partial charge in [0.1, 0.15) is 5.82 Å². The van der Waals surface area contributed by atoms with Gasteiger partial charge < -0.3 is 0 Å². The van der Waals surface area contributed by atoms with Gasteiger partial charge in [0.05, 0.1) is 11.0 Å². The second-order valence-corrected chi connectivity index (χ2v) is 2.30. The highest BCUT2D eigenvalue weighted by molar-refractivity contribution is 5.50. The lowest BCUT2D eigenvalue weighted by Gasteiger charge is -2.08. The highest BCUT2D eigenvalue weighted by atomic mass is 19.1. The van der Waals surface area contributed by atoms with Crippen LogP contribution < -0.4 is 5.17 Å². The van der Waals surface area contributed by atoms with Crippen molar-refractivity contribution in [1.82, 2.24) is 0 Å². The fourth-order valence-electron chi connectivity index (χ4n) is 0.842. The first-order chi connectivity index (χ1) is 5.65. The predicted molar refractivity (Wildman–Crippen MR) is 41.2 cm³/mol. The van der Waals surface area contributed by atoms with Crippen molar-refractivity contribution in [2.45, 2.75) is 6.92 Å². The number of benzene rings is 1. The number of nitrogens with zero attached hydrogens (tertiary/aromatic N) is 2. The molecule has 0 spiro atoms. The zero-order valence-corrected chi connectivity index (χ0v) is 6.36. The van der Waals surface area contributed by atoms with Gasteiger partial charge in [0.25, 0.3) is 0 Å². The lowest BCUT2D eigenvalue weighted by atomic mass is 10.2. The molecule has 0 heterocycles. The SMILES string of the molecule is Cc1ccc(F)cc1N(O)N=O. The first kappa shape index (κ1) is 8.61. The average Bonchev–Trinajstić information content (AvgIpc) is 2.08. The maximum Gasteiger partial charge on any atom is 0.125 e. The maximum absolute atomic E-state index is 12.6. The molecule has 4 nitrogen and oxygen atoms in total. The molecule has 0 aliphatic heterocycles. The van der Waals surface area contributed by atoms with E-state index in [2.05, 4.69) is 5.29 Å². The van der Waals surface area contributed by atoms with Crippen molar-refractivity contribution < 1.29 is 9.60 Å². The molecule has 0 saturated heterocycles. The number of nitroso groups, excluding NO2 is 1. The summed E-state index contributed by atoms with van der Waals surface area (Å²) >= 11 is 0. The Bertz CT molecular complexity index is 303. The number of aryl methyl sites for hydroxylation is 1. The van der Waals surface area contributed by atoms with E-state index in [4.69, 9.17) is 5.21 Å². The van der Waals surface area contributed by atoms with Gasteiger partial charge in [-0.1, -0.05) is 6.07 Å². The quantitative estimate of drug-likeness (QED) is 0.545. The Balaban J connectivity index is 3.12. The van der Waals surface area contributed by atoms with Gasteiger partial charge in [-0.05, 0) is 18.6 Å². The molecule has 0 bridgehead atoms. The molecule has 1 aromatic rings. The standard InChI is InChI=1S/C7H7FN2O2/c1-5-2-3-6(8)4-7(5)10(12)9-11/h2-4,12H,1H3. The van der Waals surface area contributed by atoms with E-state index in [-0.39, 0.29) is 10.9 Å². The smallest absolute Gasteiger partial charge is 0.125 e. The van der Waals surface area contributed by atoms with Crippen LogP contribution in [-0.4, -0.2) is 5.21 Å². The van der Waals surface area contributed by atoms with E-state index in [1.165, 1.54) is 12.1 Å². The van der Waals surface area contributed by atoms with E-state index in [1.807, 2.05) is 0 Å². The summed E-state index contributed by atoms with van der Waals surface area (Å²) in [4.78, 5) is 9.87. The second-order valence-electron chi connectivity index (χ2n) is 2.30. The van der Waals surface area contributed by atoms with Gasteiger partial charge in [0.2, 0.25) is 0 Å². The molecule has 12 heavy (non-hydrogen) atoms. The van der Waals surface area contributed by atoms with Crippen molar-refractivity contribution in [1.29, 1.82) is 0 Å². The van der Waals surface area contributed by atoms with Gasteiger partial charge in [-0.2, -0.15) is 0 Å². The monoisotopic (exact) mass is 170 g/mol. The minimum atomic E-state index is -0.529. The fraction of sp³-hybridized carbons (Fsp3) is 0.143. The summed E-state index contributed by atoms with van der Waals surface area (Å²) in [5.74, 6) is -0.529. The molecule has 5 heteroatoms. The topological polar surface area (TPSA) is 52.9 Å². The van der Waals surface area contributed by atoms with Crippen LogP contribution in [0.15, 0.2) is 23.5 Å². The van der Waals surface area contributed by atoms with Crippen LogP contribution in [0.25, 0.3) is 0 Å². The van der Waals surface area contributed by atoms with Crippen molar-refractivity contribution in [3.63, 3.8) is 0 Å². The van der Waals surface area contributed by atoms with Crippen molar-refractivity contribution >= 4 is 5.69 Å². The van der Waals surface area contributed by atoms with E-state index < -0.39 is 5.82 Å². The maximum atomic E-state index is 12.6. The molecular weight excluding hydrogens is 163 g/mol. The third kappa shape index (κ3) is 1.57. The first-order valence-electron chi connectivity index (χ1n) is 3.23. The Morgan fingerprint density at radius 2 is 2.25 bits per heavy atom. The van der Waals surface area contributed by atoms with Gasteiger partial charge in [-0.15, -0.1) is 10.1 Å². The van der Waals surface area contributed by atoms with Crippen LogP contribution in [0.2, 0.25) is 0 Å². The molecule has 64 valence electrons. The molecule has 1 N–H and O–H groups in total. The lowest BCUT2D eigenvalue weighted by molar-refractivity contribution is 0.257. The summed E-state index contributed by atoms with van der Waals surface area (Å²) in [5, 5.41) is 11.2. The van der Waals surface area contributed by atoms with Gasteiger partial charge in [0.15, 0.2) is 0 Å². The van der Waals surface area contributed by atoms with Crippen LogP contribution in [0.4, 0.5) is 10.1 Å². The largest absolute Gasteiger partial charge is 0.265 e. The Morgan fingerprint density at radius 1 is 1.58 bits per heavy atom. The minimum Gasteiger partial charge on any atom is -0.265 e. The number of hydrogen-bond acceptors (Lipinski definition) is 3. The van der Waals surface area contributed by atoms with Crippen molar-refractivity contribution in [3.8, 4) is 0 Å². The van der Waals surface area contributed by atoms with Gasteiger partial charge >= 0.3 is 0 Å². The summed E-state index contributed by atoms with van der Waals surface area (Å²) in [7, 11) is 0. The zero-order valence-electron chi connectivity index (χ0n) is 6.36.